The Hall–Kier alpha value is -0.650. The Morgan fingerprint density at radius 2 is 2.29 bits per heavy atom. The summed E-state index contributed by atoms with van der Waals surface area (Å²) in [6.45, 7) is 9.46. The number of rotatable bonds is 4. The summed E-state index contributed by atoms with van der Waals surface area (Å²) in [6, 6.07) is 0.892. The average Bonchev–Trinajstić information content (AvgIpc) is 2.92. The van der Waals surface area contributed by atoms with E-state index < -0.39 is 0 Å². The van der Waals surface area contributed by atoms with Crippen molar-refractivity contribution < 1.29 is 4.74 Å². The number of hydrogen-bond donors (Lipinski definition) is 1. The fourth-order valence-electron chi connectivity index (χ4n) is 3.22. The molecule has 21 heavy (non-hydrogen) atoms. The highest BCUT2D eigenvalue weighted by molar-refractivity contribution is 7.15. The van der Waals surface area contributed by atoms with E-state index in [2.05, 4.69) is 31.0 Å². The van der Waals surface area contributed by atoms with E-state index >= 15 is 0 Å². The Morgan fingerprint density at radius 3 is 3.10 bits per heavy atom. The molecule has 0 amide bonds. The van der Waals surface area contributed by atoms with Crippen LogP contribution in [0.3, 0.4) is 0 Å². The molecule has 3 rings (SSSR count). The Morgan fingerprint density at radius 1 is 1.43 bits per heavy atom. The van der Waals surface area contributed by atoms with Gasteiger partial charge in [0.05, 0.1) is 30.5 Å². The average molecular weight is 309 g/mol. The van der Waals surface area contributed by atoms with Crippen LogP contribution in [0.5, 0.6) is 0 Å². The number of nitrogens with zero attached hydrogens (tertiary/aromatic N) is 2. The second-order valence-corrected chi connectivity index (χ2v) is 7.41. The van der Waals surface area contributed by atoms with Crippen LogP contribution in [0.4, 0.5) is 5.13 Å². The van der Waals surface area contributed by atoms with Gasteiger partial charge in [0.2, 0.25) is 0 Å². The summed E-state index contributed by atoms with van der Waals surface area (Å²) < 4.78 is 5.74. The van der Waals surface area contributed by atoms with Crippen molar-refractivity contribution in [2.75, 3.05) is 24.6 Å². The van der Waals surface area contributed by atoms with Crippen LogP contribution in [0.25, 0.3) is 0 Å². The van der Waals surface area contributed by atoms with Crippen molar-refractivity contribution in [3.8, 4) is 0 Å². The molecule has 5 heteroatoms. The second kappa shape index (κ2) is 6.63. The summed E-state index contributed by atoms with van der Waals surface area (Å²) in [5, 5.41) is 4.87. The zero-order valence-corrected chi connectivity index (χ0v) is 14.2. The van der Waals surface area contributed by atoms with Gasteiger partial charge in [0.15, 0.2) is 5.13 Å². The van der Waals surface area contributed by atoms with E-state index in [0.29, 0.717) is 18.2 Å². The van der Waals surface area contributed by atoms with Crippen molar-refractivity contribution in [1.82, 2.24) is 10.3 Å². The number of ether oxygens (including phenoxy) is 1. The molecule has 1 aromatic rings. The highest BCUT2D eigenvalue weighted by Crippen LogP contribution is 2.37. The fraction of sp³-hybridized carbons (Fsp3) is 0.812. The number of thiazole rings is 1. The Bertz CT molecular complexity index is 476. The minimum atomic E-state index is 0.302. The van der Waals surface area contributed by atoms with E-state index in [9.17, 15) is 0 Å². The van der Waals surface area contributed by atoms with Crippen LogP contribution in [0.15, 0.2) is 0 Å². The molecule has 1 saturated heterocycles. The minimum Gasteiger partial charge on any atom is -0.375 e. The van der Waals surface area contributed by atoms with Gasteiger partial charge in [-0.2, -0.15) is 0 Å². The van der Waals surface area contributed by atoms with E-state index in [1.54, 1.807) is 0 Å². The summed E-state index contributed by atoms with van der Waals surface area (Å²) >= 11 is 1.90. The quantitative estimate of drug-likeness (QED) is 0.927. The standard InChI is InChI=1S/C16H27N3OS/c1-4-8-17-13-6-5-7-14-15(13)18-16(21-14)19-9-12(3)20-10-11(19)2/h11-13,17H,4-10H2,1-3H3. The third kappa shape index (κ3) is 3.25. The van der Waals surface area contributed by atoms with Gasteiger partial charge in [0.25, 0.3) is 0 Å². The number of nitrogens with one attached hydrogen (secondary N) is 1. The lowest BCUT2D eigenvalue weighted by molar-refractivity contribution is 0.0343. The van der Waals surface area contributed by atoms with Gasteiger partial charge in [-0.15, -0.1) is 11.3 Å². The van der Waals surface area contributed by atoms with Crippen LogP contribution >= 0.6 is 11.3 Å². The Labute approximate surface area is 131 Å². The molecule has 118 valence electrons. The van der Waals surface area contributed by atoms with Crippen LogP contribution in [0.2, 0.25) is 0 Å². The predicted octanol–water partition coefficient (Wildman–Crippen LogP) is 3.13. The molecule has 0 radical (unpaired) electrons. The molecule has 0 bridgehead atoms. The van der Waals surface area contributed by atoms with Crippen molar-refractivity contribution in [1.29, 1.82) is 0 Å². The van der Waals surface area contributed by atoms with Gasteiger partial charge >= 0.3 is 0 Å². The van der Waals surface area contributed by atoms with Crippen molar-refractivity contribution in [2.45, 2.75) is 64.6 Å². The van der Waals surface area contributed by atoms with Gasteiger partial charge in [-0.25, -0.2) is 4.98 Å². The van der Waals surface area contributed by atoms with Crippen LogP contribution < -0.4 is 10.2 Å². The number of hydrogen-bond acceptors (Lipinski definition) is 5. The largest absolute Gasteiger partial charge is 0.375 e. The predicted molar refractivity (Wildman–Crippen MR) is 88.3 cm³/mol. The first-order valence-electron chi connectivity index (χ1n) is 8.30. The molecule has 3 atom stereocenters. The lowest BCUT2D eigenvalue weighted by atomic mass is 9.97. The fourth-order valence-corrected chi connectivity index (χ4v) is 4.49. The molecule has 0 saturated carbocycles. The van der Waals surface area contributed by atoms with E-state index in [1.807, 2.05) is 11.3 Å². The zero-order chi connectivity index (χ0) is 14.8. The van der Waals surface area contributed by atoms with Gasteiger partial charge in [0, 0.05) is 11.4 Å². The van der Waals surface area contributed by atoms with Crippen LogP contribution in [0.1, 0.15) is 56.6 Å². The maximum Gasteiger partial charge on any atom is 0.186 e. The smallest absolute Gasteiger partial charge is 0.186 e. The van der Waals surface area contributed by atoms with Crippen molar-refractivity contribution >= 4 is 16.5 Å². The third-order valence-corrected chi connectivity index (χ3v) is 5.61. The van der Waals surface area contributed by atoms with Crippen LogP contribution in [-0.2, 0) is 11.2 Å². The molecular formula is C16H27N3OS. The van der Waals surface area contributed by atoms with E-state index in [4.69, 9.17) is 9.72 Å². The first-order valence-corrected chi connectivity index (χ1v) is 9.12. The number of morpholine rings is 1. The summed E-state index contributed by atoms with van der Waals surface area (Å²) in [5.41, 5.74) is 1.32. The number of aromatic nitrogens is 1. The highest BCUT2D eigenvalue weighted by atomic mass is 32.1. The van der Waals surface area contributed by atoms with Gasteiger partial charge in [-0.1, -0.05) is 6.92 Å². The summed E-state index contributed by atoms with van der Waals surface area (Å²) in [5.74, 6) is 0. The van der Waals surface area contributed by atoms with Crippen LogP contribution in [0, 0.1) is 0 Å². The molecular weight excluding hydrogens is 282 g/mol. The molecule has 1 aromatic heterocycles. The molecule has 3 unspecified atom stereocenters. The SMILES string of the molecule is CCCNC1CCCc2sc(N3CC(C)OCC3C)nc21. The minimum absolute atomic E-state index is 0.302. The molecule has 2 heterocycles. The summed E-state index contributed by atoms with van der Waals surface area (Å²) in [6.07, 6.45) is 5.19. The summed E-state index contributed by atoms with van der Waals surface area (Å²) in [4.78, 5) is 8.96. The molecule has 1 fully saturated rings. The maximum absolute atomic E-state index is 5.74. The monoisotopic (exact) mass is 309 g/mol. The van der Waals surface area contributed by atoms with Gasteiger partial charge in [0.1, 0.15) is 0 Å². The first-order chi connectivity index (χ1) is 10.2. The molecule has 1 N–H and O–H groups in total. The second-order valence-electron chi connectivity index (χ2n) is 6.35. The highest BCUT2D eigenvalue weighted by Gasteiger charge is 2.30. The number of anilines is 1. The lowest BCUT2D eigenvalue weighted by Gasteiger charge is -2.36. The first kappa shape index (κ1) is 15.3. The number of fused-ring (bicyclic) bond motifs is 1. The normalized spacial score (nSPS) is 29.5. The molecule has 2 aliphatic rings. The van der Waals surface area contributed by atoms with Crippen LogP contribution in [-0.4, -0.2) is 36.8 Å². The topological polar surface area (TPSA) is 37.4 Å². The van der Waals surface area contributed by atoms with E-state index in [1.165, 1.54) is 41.4 Å². The van der Waals surface area contributed by atoms with Crippen molar-refractivity contribution in [3.63, 3.8) is 0 Å². The van der Waals surface area contributed by atoms with Crippen molar-refractivity contribution in [3.05, 3.63) is 10.6 Å². The molecule has 0 spiro atoms. The maximum atomic E-state index is 5.74. The Balaban J connectivity index is 1.80. The van der Waals surface area contributed by atoms with Crippen molar-refractivity contribution in [2.24, 2.45) is 0 Å². The summed E-state index contributed by atoms with van der Waals surface area (Å²) in [7, 11) is 0. The molecule has 1 aliphatic carbocycles. The zero-order valence-electron chi connectivity index (χ0n) is 13.4. The van der Waals surface area contributed by atoms with Gasteiger partial charge in [-0.3, -0.25) is 0 Å². The van der Waals surface area contributed by atoms with E-state index in [-0.39, 0.29) is 0 Å². The third-order valence-electron chi connectivity index (χ3n) is 4.44. The van der Waals surface area contributed by atoms with Gasteiger partial charge in [-0.05, 0) is 46.1 Å². The molecule has 1 aliphatic heterocycles. The molecule has 0 aromatic carbocycles. The number of aryl methyl sites for hydroxylation is 1. The molecule has 4 nitrogen and oxygen atoms in total. The van der Waals surface area contributed by atoms with Gasteiger partial charge < -0.3 is 15.0 Å². The van der Waals surface area contributed by atoms with E-state index in [0.717, 1.165) is 19.7 Å². The Kier molecular flexibility index (Phi) is 4.82. The lowest BCUT2D eigenvalue weighted by Crippen LogP contribution is -2.47.